The van der Waals surface area contributed by atoms with E-state index < -0.39 is 13.9 Å². The highest BCUT2D eigenvalue weighted by Gasteiger charge is 2.26. The molecule has 0 aliphatic heterocycles. The number of carbonyl (C=O) groups excluding carboxylic acids is 1. The Morgan fingerprint density at radius 2 is 0.743 bits per heavy atom. The van der Waals surface area contributed by atoms with Crippen molar-refractivity contribution in [3.8, 4) is 0 Å². The number of rotatable bonds is 59. The Labute approximate surface area is 437 Å². The summed E-state index contributed by atoms with van der Waals surface area (Å²) >= 11 is 0. The van der Waals surface area contributed by atoms with Crippen LogP contribution in [-0.2, 0) is 27.9 Å². The van der Waals surface area contributed by atoms with Crippen molar-refractivity contribution in [2.75, 3.05) is 54.1 Å². The van der Waals surface area contributed by atoms with Crippen molar-refractivity contribution in [3.63, 3.8) is 0 Å². The summed E-state index contributed by atoms with van der Waals surface area (Å²) in [6, 6.07) is 0. The summed E-state index contributed by atoms with van der Waals surface area (Å²) in [7, 11) is 1.69. The molecule has 0 aliphatic carbocycles. The molecule has 0 spiro atoms. The van der Waals surface area contributed by atoms with Crippen LogP contribution in [-0.4, -0.2) is 75.6 Å². The molecule has 9 heteroatoms. The molecule has 0 aliphatic rings. The number of esters is 1. The minimum Gasteiger partial charge on any atom is -0.457 e. The van der Waals surface area contributed by atoms with Gasteiger partial charge in [-0.25, -0.2) is 4.57 Å². The van der Waals surface area contributed by atoms with E-state index in [9.17, 15) is 14.3 Å². The van der Waals surface area contributed by atoms with Gasteiger partial charge in [0.2, 0.25) is 0 Å². The molecule has 0 rings (SSSR count). The summed E-state index contributed by atoms with van der Waals surface area (Å²) < 4.78 is 35.3. The molecule has 2 unspecified atom stereocenters. The Balaban J connectivity index is 3.99. The maximum atomic E-state index is 12.8. The van der Waals surface area contributed by atoms with Crippen LogP contribution in [0.1, 0.15) is 316 Å². The predicted molar refractivity (Wildman–Crippen MR) is 303 cm³/mol. The molecular formula is C61H123NO7P+. The number of likely N-dealkylation sites (N-methyl/N-ethyl adjacent to an activating group) is 1. The molecule has 418 valence electrons. The average Bonchev–Trinajstić information content (AvgIpc) is 3.32. The molecule has 0 radical (unpaired) electrons. The third-order valence-corrected chi connectivity index (χ3v) is 15.1. The Hall–Kier alpha value is -0.760. The lowest BCUT2D eigenvalue weighted by molar-refractivity contribution is -0.870. The number of phosphoric ester groups is 1. The van der Waals surface area contributed by atoms with Crippen molar-refractivity contribution in [1.29, 1.82) is 0 Å². The van der Waals surface area contributed by atoms with Crippen LogP contribution in [0.5, 0.6) is 0 Å². The van der Waals surface area contributed by atoms with Gasteiger partial charge in [-0.05, 0) is 38.5 Å². The second-order valence-corrected chi connectivity index (χ2v) is 23.9. The number of hydrogen-bond donors (Lipinski definition) is 1. The van der Waals surface area contributed by atoms with Crippen LogP contribution in [0.2, 0.25) is 0 Å². The third kappa shape index (κ3) is 58.1. The van der Waals surface area contributed by atoms with Crippen LogP contribution in [0.25, 0.3) is 0 Å². The van der Waals surface area contributed by atoms with Gasteiger partial charge in [-0.2, -0.15) is 0 Å². The van der Waals surface area contributed by atoms with Crippen LogP contribution < -0.4 is 0 Å². The number of allylic oxidation sites excluding steroid dienone is 2. The molecular weight excluding hydrogens is 890 g/mol. The van der Waals surface area contributed by atoms with Gasteiger partial charge in [0.1, 0.15) is 19.3 Å². The van der Waals surface area contributed by atoms with E-state index >= 15 is 0 Å². The highest BCUT2D eigenvalue weighted by atomic mass is 31.2. The monoisotopic (exact) mass is 1010 g/mol. The Kier molecular flexibility index (Phi) is 53.9. The fourth-order valence-corrected chi connectivity index (χ4v) is 10.1. The summed E-state index contributed by atoms with van der Waals surface area (Å²) in [6.45, 7) is 5.71. The Morgan fingerprint density at radius 3 is 1.09 bits per heavy atom. The highest BCUT2D eigenvalue weighted by Crippen LogP contribution is 2.43. The Morgan fingerprint density at radius 1 is 0.429 bits per heavy atom. The second kappa shape index (κ2) is 54.5. The molecule has 0 amide bonds. The lowest BCUT2D eigenvalue weighted by Gasteiger charge is -2.24. The molecule has 0 aromatic heterocycles. The van der Waals surface area contributed by atoms with E-state index in [2.05, 4.69) is 26.0 Å². The molecule has 2 atom stereocenters. The van der Waals surface area contributed by atoms with Gasteiger partial charge in [0.05, 0.1) is 34.4 Å². The van der Waals surface area contributed by atoms with Crippen LogP contribution in [0.15, 0.2) is 12.2 Å². The zero-order chi connectivity index (χ0) is 51.2. The summed E-state index contributed by atoms with van der Waals surface area (Å²) in [5, 5.41) is 0. The van der Waals surface area contributed by atoms with Crippen molar-refractivity contribution in [2.24, 2.45) is 0 Å². The number of phosphoric acid groups is 1. The largest absolute Gasteiger partial charge is 0.472 e. The SMILES string of the molecule is CCCCCCCCCC/C=C\CCCCCCCCCCCCCCOCC(COP(=O)(O)OCC[N+](C)(C)C)OC(=O)CCCCCCCCCCCCCCCCCCCCCCCCCC. The van der Waals surface area contributed by atoms with Gasteiger partial charge in [-0.15, -0.1) is 0 Å². The molecule has 70 heavy (non-hydrogen) atoms. The number of quaternary nitrogens is 1. The molecule has 1 N–H and O–H groups in total. The molecule has 0 saturated heterocycles. The average molecular weight is 1010 g/mol. The zero-order valence-electron chi connectivity index (χ0n) is 47.8. The maximum Gasteiger partial charge on any atom is 0.472 e. The van der Waals surface area contributed by atoms with Crippen molar-refractivity contribution < 1.29 is 37.3 Å². The van der Waals surface area contributed by atoms with Gasteiger partial charge in [0.15, 0.2) is 0 Å². The standard InChI is InChI=1S/C61H122NO7P/c1-6-8-10-12-14-16-18-20-22-24-26-28-30-32-34-36-38-40-42-44-46-48-50-52-54-61(63)69-60(59-68-70(64,65)67-57-55-62(3,4)5)58-66-56-53-51-49-47-45-43-41-39-37-35-33-31-29-27-25-23-21-19-17-15-13-11-9-7-2/h25,27,60H,6-24,26,28-59H2,1-5H3/p+1/b27-25-. The second-order valence-electron chi connectivity index (χ2n) is 22.4. The molecule has 0 aromatic carbocycles. The van der Waals surface area contributed by atoms with E-state index in [0.29, 0.717) is 24.1 Å². The lowest BCUT2D eigenvalue weighted by Crippen LogP contribution is -2.37. The summed E-state index contributed by atoms with van der Waals surface area (Å²) in [5.74, 6) is -0.304. The predicted octanol–water partition coefficient (Wildman–Crippen LogP) is 19.7. The van der Waals surface area contributed by atoms with E-state index in [-0.39, 0.29) is 25.8 Å². The van der Waals surface area contributed by atoms with E-state index in [0.717, 1.165) is 32.1 Å². The fourth-order valence-electron chi connectivity index (χ4n) is 9.32. The van der Waals surface area contributed by atoms with E-state index in [1.807, 2.05) is 21.1 Å². The summed E-state index contributed by atoms with van der Waals surface area (Å²) in [4.78, 5) is 23.1. The first-order valence-corrected chi connectivity index (χ1v) is 32.4. The van der Waals surface area contributed by atoms with E-state index in [4.69, 9.17) is 18.5 Å². The normalized spacial score (nSPS) is 13.4. The number of hydrogen-bond acceptors (Lipinski definition) is 6. The summed E-state index contributed by atoms with van der Waals surface area (Å²) in [6.07, 6.45) is 65.8. The van der Waals surface area contributed by atoms with Gasteiger partial charge < -0.3 is 18.9 Å². The molecule has 0 fully saturated rings. The fraction of sp³-hybridized carbons (Fsp3) is 0.951. The number of nitrogens with zero attached hydrogens (tertiary/aromatic N) is 1. The van der Waals surface area contributed by atoms with Gasteiger partial charge in [0, 0.05) is 13.0 Å². The highest BCUT2D eigenvalue weighted by molar-refractivity contribution is 7.47. The quantitative estimate of drug-likeness (QED) is 0.0213. The van der Waals surface area contributed by atoms with Crippen molar-refractivity contribution in [2.45, 2.75) is 322 Å². The first kappa shape index (κ1) is 69.2. The number of carbonyl (C=O) groups is 1. The van der Waals surface area contributed by atoms with Crippen molar-refractivity contribution in [3.05, 3.63) is 12.2 Å². The molecule has 0 saturated carbocycles. The zero-order valence-corrected chi connectivity index (χ0v) is 48.7. The van der Waals surface area contributed by atoms with E-state index in [1.165, 1.54) is 263 Å². The maximum absolute atomic E-state index is 12.8. The first-order valence-electron chi connectivity index (χ1n) is 30.9. The third-order valence-electron chi connectivity index (χ3n) is 14.1. The van der Waals surface area contributed by atoms with E-state index in [1.54, 1.807) is 0 Å². The lowest BCUT2D eigenvalue weighted by atomic mass is 10.0. The van der Waals surface area contributed by atoms with Crippen LogP contribution in [0.4, 0.5) is 0 Å². The molecule has 0 bridgehead atoms. The van der Waals surface area contributed by atoms with Crippen LogP contribution >= 0.6 is 7.82 Å². The number of unbranched alkanes of at least 4 members (excludes halogenated alkanes) is 43. The number of ether oxygens (including phenoxy) is 2. The van der Waals surface area contributed by atoms with Crippen LogP contribution in [0, 0.1) is 0 Å². The Bertz CT molecular complexity index is 1130. The van der Waals surface area contributed by atoms with Gasteiger partial charge >= 0.3 is 13.8 Å². The minimum atomic E-state index is -4.28. The van der Waals surface area contributed by atoms with Crippen LogP contribution in [0.3, 0.4) is 0 Å². The van der Waals surface area contributed by atoms with Gasteiger partial charge in [0.25, 0.3) is 0 Å². The van der Waals surface area contributed by atoms with Gasteiger partial charge in [-0.3, -0.25) is 13.8 Å². The van der Waals surface area contributed by atoms with Crippen molar-refractivity contribution in [1.82, 2.24) is 0 Å². The molecule has 8 nitrogen and oxygen atoms in total. The molecule has 0 aromatic rings. The molecule has 0 heterocycles. The van der Waals surface area contributed by atoms with Crippen molar-refractivity contribution >= 4 is 13.8 Å². The first-order chi connectivity index (χ1) is 34.1. The topological polar surface area (TPSA) is 91.3 Å². The van der Waals surface area contributed by atoms with Gasteiger partial charge in [-0.1, -0.05) is 283 Å². The summed E-state index contributed by atoms with van der Waals surface area (Å²) in [5.41, 5.74) is 0. The smallest absolute Gasteiger partial charge is 0.457 e. The minimum absolute atomic E-state index is 0.0928.